The zero-order valence-corrected chi connectivity index (χ0v) is 22.6. The van der Waals surface area contributed by atoms with E-state index < -0.39 is 0 Å². The van der Waals surface area contributed by atoms with Crippen molar-refractivity contribution in [2.45, 2.75) is 31.8 Å². The Morgan fingerprint density at radius 3 is 2.70 bits per heavy atom. The summed E-state index contributed by atoms with van der Waals surface area (Å²) in [7, 11) is 5.97. The van der Waals surface area contributed by atoms with E-state index in [-0.39, 0.29) is 0 Å². The lowest BCUT2D eigenvalue weighted by Crippen LogP contribution is -2.35. The molecule has 0 spiro atoms. The predicted octanol–water partition coefficient (Wildman–Crippen LogP) is 4.17. The molecular formula is C28H34ClN7O. The summed E-state index contributed by atoms with van der Waals surface area (Å²) in [6.07, 6.45) is 5.31. The first-order valence-corrected chi connectivity index (χ1v) is 13.3. The molecule has 1 fully saturated rings. The highest BCUT2D eigenvalue weighted by atomic mass is 35.5. The predicted molar refractivity (Wildman–Crippen MR) is 148 cm³/mol. The number of anilines is 2. The summed E-state index contributed by atoms with van der Waals surface area (Å²) >= 11 is 6.65. The van der Waals surface area contributed by atoms with Gasteiger partial charge in [-0.25, -0.2) is 0 Å². The first kappa shape index (κ1) is 25.4. The van der Waals surface area contributed by atoms with Gasteiger partial charge in [-0.05, 0) is 50.4 Å². The number of fused-ring (bicyclic) bond motifs is 2. The summed E-state index contributed by atoms with van der Waals surface area (Å²) in [5, 5.41) is 12.1. The number of nitriles is 1. The maximum absolute atomic E-state index is 9.17. The van der Waals surface area contributed by atoms with E-state index in [9.17, 15) is 5.26 Å². The van der Waals surface area contributed by atoms with Gasteiger partial charge in [0.1, 0.15) is 12.4 Å². The van der Waals surface area contributed by atoms with Gasteiger partial charge in [-0.3, -0.25) is 0 Å². The van der Waals surface area contributed by atoms with E-state index >= 15 is 0 Å². The number of ether oxygens (including phenoxy) is 1. The molecule has 2 aliphatic heterocycles. The van der Waals surface area contributed by atoms with E-state index in [0.29, 0.717) is 38.3 Å². The molecule has 0 radical (unpaired) electrons. The number of likely N-dealkylation sites (N-methyl/N-ethyl adjacent to an activating group) is 3. The molecule has 0 aliphatic carbocycles. The molecule has 9 heteroatoms. The highest BCUT2D eigenvalue weighted by Crippen LogP contribution is 2.36. The van der Waals surface area contributed by atoms with Crippen molar-refractivity contribution in [3.8, 4) is 12.2 Å². The Labute approximate surface area is 224 Å². The largest absolute Gasteiger partial charge is 0.462 e. The van der Waals surface area contributed by atoms with Gasteiger partial charge in [-0.2, -0.15) is 15.2 Å². The zero-order valence-electron chi connectivity index (χ0n) is 21.8. The number of nitrogens with zero attached hydrogens (tertiary/aromatic N) is 7. The Morgan fingerprint density at radius 2 is 1.95 bits per heavy atom. The number of likely N-dealkylation sites (tertiary alicyclic amines) is 1. The molecule has 2 aromatic carbocycles. The van der Waals surface area contributed by atoms with E-state index in [4.69, 9.17) is 26.3 Å². The minimum atomic E-state index is 0.388. The van der Waals surface area contributed by atoms with E-state index in [2.05, 4.69) is 52.2 Å². The van der Waals surface area contributed by atoms with E-state index in [0.717, 1.165) is 64.5 Å². The summed E-state index contributed by atoms with van der Waals surface area (Å²) in [6, 6.07) is 13.2. The number of rotatable bonds is 8. The third-order valence-corrected chi connectivity index (χ3v) is 7.89. The fraction of sp³-hybridized carbons (Fsp3) is 0.464. The molecule has 0 saturated carbocycles. The highest BCUT2D eigenvalue weighted by Gasteiger charge is 2.27. The van der Waals surface area contributed by atoms with Crippen molar-refractivity contribution in [1.82, 2.24) is 19.8 Å². The maximum atomic E-state index is 9.17. The monoisotopic (exact) mass is 519 g/mol. The fourth-order valence-electron chi connectivity index (χ4n) is 5.33. The Morgan fingerprint density at radius 1 is 1.14 bits per heavy atom. The van der Waals surface area contributed by atoms with E-state index in [1.807, 2.05) is 19.2 Å². The fourth-order valence-corrected chi connectivity index (χ4v) is 5.61. The van der Waals surface area contributed by atoms with Crippen molar-refractivity contribution in [3.05, 3.63) is 52.7 Å². The molecule has 1 aromatic heterocycles. The van der Waals surface area contributed by atoms with Gasteiger partial charge in [0.2, 0.25) is 0 Å². The van der Waals surface area contributed by atoms with Crippen molar-refractivity contribution < 1.29 is 4.74 Å². The number of aromatic nitrogens is 2. The minimum absolute atomic E-state index is 0.388. The molecule has 3 heterocycles. The lowest BCUT2D eigenvalue weighted by Gasteiger charge is -2.33. The van der Waals surface area contributed by atoms with Crippen molar-refractivity contribution in [2.75, 3.05) is 63.7 Å². The second-order valence-electron chi connectivity index (χ2n) is 10.1. The Bertz CT molecular complexity index is 1300. The van der Waals surface area contributed by atoms with Crippen LogP contribution in [-0.4, -0.2) is 79.7 Å². The lowest BCUT2D eigenvalue weighted by molar-refractivity contribution is 0.187. The average molecular weight is 520 g/mol. The first-order valence-electron chi connectivity index (χ1n) is 12.9. The van der Waals surface area contributed by atoms with Crippen LogP contribution in [0.2, 0.25) is 5.02 Å². The van der Waals surface area contributed by atoms with Crippen LogP contribution in [0, 0.1) is 11.5 Å². The van der Waals surface area contributed by atoms with Crippen LogP contribution in [0.4, 0.5) is 11.5 Å². The third-order valence-electron chi connectivity index (χ3n) is 7.57. The number of hydrogen-bond acceptors (Lipinski definition) is 8. The van der Waals surface area contributed by atoms with Gasteiger partial charge in [-0.1, -0.05) is 35.9 Å². The number of halogens is 1. The molecule has 0 N–H and O–H groups in total. The SMILES string of the molecule is CN(C#N)CCN(C)c1nc(OC[C@@H]2CCCN2C)nc2c1CCN(c1cccc3cccc(Cl)c13)C2. The van der Waals surface area contributed by atoms with Crippen molar-refractivity contribution >= 4 is 33.9 Å². The Kier molecular flexibility index (Phi) is 7.54. The molecule has 2 aliphatic rings. The zero-order chi connectivity index (χ0) is 25.9. The van der Waals surface area contributed by atoms with Gasteiger partial charge in [0.05, 0.1) is 17.3 Å². The van der Waals surface area contributed by atoms with Crippen LogP contribution in [-0.2, 0) is 13.0 Å². The number of benzene rings is 2. The van der Waals surface area contributed by atoms with Gasteiger partial charge >= 0.3 is 6.01 Å². The van der Waals surface area contributed by atoms with Crippen LogP contribution in [0.25, 0.3) is 10.8 Å². The third kappa shape index (κ3) is 5.39. The Balaban J connectivity index is 1.46. The summed E-state index contributed by atoms with van der Waals surface area (Å²) in [4.78, 5) is 18.2. The first-order chi connectivity index (χ1) is 17.9. The summed E-state index contributed by atoms with van der Waals surface area (Å²) in [5.74, 6) is 0.890. The average Bonchev–Trinajstić information content (AvgIpc) is 3.33. The van der Waals surface area contributed by atoms with Gasteiger partial charge < -0.3 is 24.3 Å². The van der Waals surface area contributed by atoms with Crippen molar-refractivity contribution in [1.29, 1.82) is 5.26 Å². The lowest BCUT2D eigenvalue weighted by atomic mass is 10.0. The number of hydrogen-bond donors (Lipinski definition) is 0. The molecule has 0 amide bonds. The van der Waals surface area contributed by atoms with Crippen LogP contribution >= 0.6 is 11.6 Å². The minimum Gasteiger partial charge on any atom is -0.462 e. The molecule has 1 saturated heterocycles. The van der Waals surface area contributed by atoms with Crippen molar-refractivity contribution in [2.24, 2.45) is 0 Å². The molecule has 37 heavy (non-hydrogen) atoms. The van der Waals surface area contributed by atoms with Crippen LogP contribution in [0.5, 0.6) is 6.01 Å². The maximum Gasteiger partial charge on any atom is 0.318 e. The van der Waals surface area contributed by atoms with Crippen LogP contribution < -0.4 is 14.5 Å². The van der Waals surface area contributed by atoms with Gasteiger partial charge in [-0.15, -0.1) is 0 Å². The summed E-state index contributed by atoms with van der Waals surface area (Å²) in [6.45, 7) is 4.48. The van der Waals surface area contributed by atoms with E-state index in [1.54, 1.807) is 11.9 Å². The molecule has 0 unspecified atom stereocenters. The standard InChI is InChI=1S/C28H34ClN7O/c1-33(19-30)15-16-35(3)27-22-12-14-36(25-11-5-8-20-7-4-10-23(29)26(20)25)17-24(22)31-28(32-27)37-18-21-9-6-13-34(21)2/h4-5,7-8,10-11,21H,6,9,12-18H2,1-3H3/t21-/m0/s1. The molecule has 5 rings (SSSR count). The molecular weight excluding hydrogens is 486 g/mol. The molecule has 8 nitrogen and oxygen atoms in total. The van der Waals surface area contributed by atoms with Gasteiger partial charge in [0, 0.05) is 56.4 Å². The second-order valence-corrected chi connectivity index (χ2v) is 10.5. The van der Waals surface area contributed by atoms with Gasteiger partial charge in [0.15, 0.2) is 6.19 Å². The quantitative estimate of drug-likeness (QED) is 0.324. The smallest absolute Gasteiger partial charge is 0.318 e. The molecule has 194 valence electrons. The van der Waals surface area contributed by atoms with Crippen LogP contribution in [0.15, 0.2) is 36.4 Å². The highest BCUT2D eigenvalue weighted by molar-refractivity contribution is 6.36. The van der Waals surface area contributed by atoms with Crippen LogP contribution in [0.3, 0.4) is 0 Å². The van der Waals surface area contributed by atoms with Crippen LogP contribution in [0.1, 0.15) is 24.1 Å². The van der Waals surface area contributed by atoms with Gasteiger partial charge in [0.25, 0.3) is 0 Å². The van der Waals surface area contributed by atoms with Crippen molar-refractivity contribution in [3.63, 3.8) is 0 Å². The molecule has 3 aromatic rings. The molecule has 0 bridgehead atoms. The Hall–Kier alpha value is -3.28. The summed E-state index contributed by atoms with van der Waals surface area (Å²) < 4.78 is 6.20. The van der Waals surface area contributed by atoms with E-state index in [1.165, 1.54) is 6.42 Å². The normalized spacial score (nSPS) is 17.5. The topological polar surface area (TPSA) is 71.8 Å². The second kappa shape index (κ2) is 11.0. The molecule has 1 atom stereocenters. The summed E-state index contributed by atoms with van der Waals surface area (Å²) in [5.41, 5.74) is 3.25.